The molecule has 1 aromatic heterocycles. The number of fused-ring (bicyclic) bond motifs is 2. The van der Waals surface area contributed by atoms with Gasteiger partial charge in [-0.15, -0.1) is 0 Å². The van der Waals surface area contributed by atoms with Crippen molar-refractivity contribution in [1.29, 1.82) is 0 Å². The van der Waals surface area contributed by atoms with Crippen molar-refractivity contribution in [2.75, 3.05) is 49.5 Å². The molecule has 6 heteroatoms. The van der Waals surface area contributed by atoms with Crippen molar-refractivity contribution < 1.29 is 4.79 Å². The number of pyridine rings is 1. The molecule has 1 aromatic rings. The van der Waals surface area contributed by atoms with Gasteiger partial charge >= 0.3 is 6.03 Å². The molecule has 0 aromatic carbocycles. The van der Waals surface area contributed by atoms with Gasteiger partial charge in [-0.2, -0.15) is 0 Å². The standard InChI is InChI=1S/C16H23N5O/c22-16(21-11-10-19-9-5-13(21)12-19)18-14-4-3-6-17-15(14)20-7-1-2-8-20/h3-4,6,13H,1-2,5,7-12H2,(H,18,22). The predicted molar refractivity (Wildman–Crippen MR) is 86.3 cm³/mol. The zero-order chi connectivity index (χ0) is 14.9. The molecular weight excluding hydrogens is 278 g/mol. The van der Waals surface area contributed by atoms with E-state index in [1.165, 1.54) is 12.8 Å². The molecule has 3 fully saturated rings. The van der Waals surface area contributed by atoms with Gasteiger partial charge in [0, 0.05) is 51.5 Å². The van der Waals surface area contributed by atoms with E-state index < -0.39 is 0 Å². The Morgan fingerprint density at radius 1 is 1.18 bits per heavy atom. The first-order valence-electron chi connectivity index (χ1n) is 8.31. The van der Waals surface area contributed by atoms with Crippen molar-refractivity contribution in [3.8, 4) is 0 Å². The molecule has 4 rings (SSSR count). The maximum atomic E-state index is 12.7. The molecule has 3 saturated heterocycles. The summed E-state index contributed by atoms with van der Waals surface area (Å²) in [5.41, 5.74) is 0.842. The Labute approximate surface area is 131 Å². The zero-order valence-corrected chi connectivity index (χ0v) is 12.9. The molecule has 6 nitrogen and oxygen atoms in total. The van der Waals surface area contributed by atoms with Gasteiger partial charge in [0.25, 0.3) is 0 Å². The fraction of sp³-hybridized carbons (Fsp3) is 0.625. The van der Waals surface area contributed by atoms with Crippen LogP contribution < -0.4 is 10.2 Å². The molecule has 3 aliphatic heterocycles. The summed E-state index contributed by atoms with van der Waals surface area (Å²) in [5.74, 6) is 0.915. The van der Waals surface area contributed by atoms with E-state index in [-0.39, 0.29) is 6.03 Å². The normalized spacial score (nSPS) is 27.3. The number of hydrogen-bond acceptors (Lipinski definition) is 4. The highest BCUT2D eigenvalue weighted by atomic mass is 16.2. The van der Waals surface area contributed by atoms with E-state index in [9.17, 15) is 4.79 Å². The van der Waals surface area contributed by atoms with Gasteiger partial charge in [-0.05, 0) is 31.4 Å². The highest BCUT2D eigenvalue weighted by Crippen LogP contribution is 2.27. The Morgan fingerprint density at radius 3 is 2.91 bits per heavy atom. The number of hydrogen-bond donors (Lipinski definition) is 1. The lowest BCUT2D eigenvalue weighted by molar-refractivity contribution is 0.153. The molecule has 1 N–H and O–H groups in total. The van der Waals surface area contributed by atoms with E-state index in [2.05, 4.69) is 20.1 Å². The minimum Gasteiger partial charge on any atom is -0.355 e. The molecule has 3 aliphatic rings. The van der Waals surface area contributed by atoms with Crippen molar-refractivity contribution in [1.82, 2.24) is 14.8 Å². The van der Waals surface area contributed by atoms with E-state index >= 15 is 0 Å². The quantitative estimate of drug-likeness (QED) is 0.901. The van der Waals surface area contributed by atoms with Crippen LogP contribution in [0.4, 0.5) is 16.3 Å². The van der Waals surface area contributed by atoms with Crippen LogP contribution in [0.2, 0.25) is 0 Å². The Morgan fingerprint density at radius 2 is 2.05 bits per heavy atom. The number of nitrogens with one attached hydrogen (secondary N) is 1. The van der Waals surface area contributed by atoms with E-state index in [0.29, 0.717) is 6.04 Å². The number of urea groups is 1. The second-order valence-corrected chi connectivity index (χ2v) is 6.44. The molecule has 2 unspecified atom stereocenters. The van der Waals surface area contributed by atoms with E-state index in [4.69, 9.17) is 0 Å². The number of amides is 2. The van der Waals surface area contributed by atoms with E-state index in [0.717, 1.165) is 57.2 Å². The lowest BCUT2D eigenvalue weighted by Gasteiger charge is -2.34. The van der Waals surface area contributed by atoms with Gasteiger partial charge in [-0.1, -0.05) is 0 Å². The van der Waals surface area contributed by atoms with Crippen molar-refractivity contribution in [3.05, 3.63) is 18.3 Å². The Bertz CT molecular complexity index is 557. The summed E-state index contributed by atoms with van der Waals surface area (Å²) in [6.07, 6.45) is 5.31. The SMILES string of the molecule is O=C(Nc1cccnc1N1CCCC1)N1CCN2CCC1C2. The van der Waals surface area contributed by atoms with Gasteiger partial charge in [-0.3, -0.25) is 4.90 Å². The van der Waals surface area contributed by atoms with Crippen LogP contribution in [0.3, 0.4) is 0 Å². The summed E-state index contributed by atoms with van der Waals surface area (Å²) < 4.78 is 0. The van der Waals surface area contributed by atoms with Crippen LogP contribution in [0, 0.1) is 0 Å². The van der Waals surface area contributed by atoms with Gasteiger partial charge in [0.1, 0.15) is 0 Å². The third-order valence-corrected chi connectivity index (χ3v) is 5.04. The summed E-state index contributed by atoms with van der Waals surface area (Å²) in [6, 6.07) is 4.26. The molecule has 118 valence electrons. The highest BCUT2D eigenvalue weighted by Gasteiger charge is 2.35. The fourth-order valence-electron chi connectivity index (χ4n) is 3.83. The maximum absolute atomic E-state index is 12.7. The molecule has 0 aliphatic carbocycles. The number of carbonyl (C=O) groups excluding carboxylic acids is 1. The number of piperazine rings is 1. The second kappa shape index (κ2) is 5.76. The first-order chi connectivity index (χ1) is 10.8. The van der Waals surface area contributed by atoms with Crippen LogP contribution in [0.25, 0.3) is 0 Å². The number of carbonyl (C=O) groups is 1. The average Bonchev–Trinajstić information content (AvgIpc) is 3.18. The number of nitrogens with zero attached hydrogens (tertiary/aromatic N) is 4. The molecule has 0 spiro atoms. The van der Waals surface area contributed by atoms with Gasteiger partial charge in [0.05, 0.1) is 5.69 Å². The van der Waals surface area contributed by atoms with Gasteiger partial charge in [0.2, 0.25) is 0 Å². The van der Waals surface area contributed by atoms with Crippen LogP contribution >= 0.6 is 0 Å². The smallest absolute Gasteiger partial charge is 0.322 e. The van der Waals surface area contributed by atoms with Gasteiger partial charge in [-0.25, -0.2) is 9.78 Å². The number of aromatic nitrogens is 1. The van der Waals surface area contributed by atoms with Crippen LogP contribution in [0.1, 0.15) is 19.3 Å². The van der Waals surface area contributed by atoms with Gasteiger partial charge < -0.3 is 15.1 Å². The summed E-state index contributed by atoms with van der Waals surface area (Å²) >= 11 is 0. The number of rotatable bonds is 2. The Balaban J connectivity index is 1.49. The summed E-state index contributed by atoms with van der Waals surface area (Å²) in [5, 5.41) is 3.10. The number of anilines is 2. The average molecular weight is 301 g/mol. The third kappa shape index (κ3) is 2.52. The van der Waals surface area contributed by atoms with Crippen molar-refractivity contribution in [2.45, 2.75) is 25.3 Å². The van der Waals surface area contributed by atoms with E-state index in [1.54, 1.807) is 6.20 Å². The molecule has 4 heterocycles. The monoisotopic (exact) mass is 301 g/mol. The largest absolute Gasteiger partial charge is 0.355 e. The van der Waals surface area contributed by atoms with Crippen LogP contribution in [-0.2, 0) is 0 Å². The minimum absolute atomic E-state index is 0.0278. The summed E-state index contributed by atoms with van der Waals surface area (Å²) in [4.78, 5) is 23.9. The van der Waals surface area contributed by atoms with Crippen molar-refractivity contribution >= 4 is 17.5 Å². The first kappa shape index (κ1) is 13.8. The molecule has 0 radical (unpaired) electrons. The second-order valence-electron chi connectivity index (χ2n) is 6.44. The molecular formula is C16H23N5O. The van der Waals surface area contributed by atoms with Crippen LogP contribution in [0.5, 0.6) is 0 Å². The first-order valence-corrected chi connectivity index (χ1v) is 8.31. The van der Waals surface area contributed by atoms with Crippen molar-refractivity contribution in [2.24, 2.45) is 0 Å². The minimum atomic E-state index is 0.0278. The molecule has 0 saturated carbocycles. The predicted octanol–water partition coefficient (Wildman–Crippen LogP) is 1.60. The third-order valence-electron chi connectivity index (χ3n) is 5.04. The summed E-state index contributed by atoms with van der Waals surface area (Å²) in [7, 11) is 0. The van der Waals surface area contributed by atoms with Crippen LogP contribution in [0.15, 0.2) is 18.3 Å². The fourth-order valence-corrected chi connectivity index (χ4v) is 3.83. The molecule has 22 heavy (non-hydrogen) atoms. The Kier molecular flexibility index (Phi) is 3.62. The lowest BCUT2D eigenvalue weighted by Crippen LogP contribution is -2.51. The Hall–Kier alpha value is -1.82. The van der Waals surface area contributed by atoms with Crippen molar-refractivity contribution in [3.63, 3.8) is 0 Å². The molecule has 2 amide bonds. The molecule has 2 atom stereocenters. The maximum Gasteiger partial charge on any atom is 0.322 e. The topological polar surface area (TPSA) is 51.7 Å². The lowest BCUT2D eigenvalue weighted by atomic mass is 10.2. The van der Waals surface area contributed by atoms with Gasteiger partial charge in [0.15, 0.2) is 5.82 Å². The highest BCUT2D eigenvalue weighted by molar-refractivity contribution is 5.92. The zero-order valence-electron chi connectivity index (χ0n) is 12.9. The molecule has 2 bridgehead atoms. The summed E-state index contributed by atoms with van der Waals surface area (Å²) in [6.45, 7) is 6.04. The van der Waals surface area contributed by atoms with Crippen LogP contribution in [-0.4, -0.2) is 66.1 Å². The van der Waals surface area contributed by atoms with E-state index in [1.807, 2.05) is 17.0 Å².